The standard InChI is InChI=1S/C19H15BrN6O5/c1-31-19(28)12-7-3-5-9-14(12)23-16-15(26(29)30)17(22-10-21-16)24-25-18(27)11-6-2-4-8-13(11)20/h2-10H,1H3,(H,25,27)(H2,21,22,23,24). The molecule has 31 heavy (non-hydrogen) atoms. The number of methoxy groups -OCH3 is 1. The zero-order valence-electron chi connectivity index (χ0n) is 16.0. The number of carbonyl (C=O) groups excluding carboxylic acids is 2. The molecule has 1 heterocycles. The molecule has 2 aromatic carbocycles. The highest BCUT2D eigenvalue weighted by atomic mass is 79.9. The van der Waals surface area contributed by atoms with E-state index in [0.717, 1.165) is 6.33 Å². The van der Waals surface area contributed by atoms with Crippen molar-refractivity contribution in [1.82, 2.24) is 15.4 Å². The molecule has 11 nitrogen and oxygen atoms in total. The lowest BCUT2D eigenvalue weighted by Gasteiger charge is -2.13. The number of hydrazine groups is 1. The Kier molecular flexibility index (Phi) is 6.72. The van der Waals surface area contributed by atoms with Crippen molar-refractivity contribution in [3.05, 3.63) is 80.6 Å². The average molecular weight is 487 g/mol. The van der Waals surface area contributed by atoms with E-state index in [2.05, 4.69) is 42.1 Å². The third-order valence-corrected chi connectivity index (χ3v) is 4.69. The minimum Gasteiger partial charge on any atom is -0.465 e. The minimum absolute atomic E-state index is 0.162. The van der Waals surface area contributed by atoms with Crippen LogP contribution in [-0.2, 0) is 4.74 Å². The van der Waals surface area contributed by atoms with E-state index in [-0.39, 0.29) is 22.9 Å². The first-order valence-corrected chi connectivity index (χ1v) is 9.46. The number of ether oxygens (including phenoxy) is 1. The van der Waals surface area contributed by atoms with Gasteiger partial charge in [-0.1, -0.05) is 24.3 Å². The number of hydrogen-bond donors (Lipinski definition) is 3. The molecule has 3 N–H and O–H groups in total. The second-order valence-electron chi connectivity index (χ2n) is 5.90. The highest BCUT2D eigenvalue weighted by Gasteiger charge is 2.25. The Hall–Kier alpha value is -4.06. The van der Waals surface area contributed by atoms with Crippen LogP contribution in [0.2, 0.25) is 0 Å². The first kappa shape index (κ1) is 21.6. The Morgan fingerprint density at radius 2 is 1.68 bits per heavy atom. The summed E-state index contributed by atoms with van der Waals surface area (Å²) >= 11 is 3.26. The van der Waals surface area contributed by atoms with Crippen molar-refractivity contribution in [3.63, 3.8) is 0 Å². The molecule has 0 radical (unpaired) electrons. The van der Waals surface area contributed by atoms with E-state index in [4.69, 9.17) is 4.74 Å². The number of rotatable bonds is 7. The zero-order chi connectivity index (χ0) is 22.4. The number of nitrogens with one attached hydrogen (secondary N) is 3. The Bertz CT molecular complexity index is 1160. The van der Waals surface area contributed by atoms with Crippen LogP contribution < -0.4 is 16.2 Å². The first-order chi connectivity index (χ1) is 14.9. The van der Waals surface area contributed by atoms with Crippen LogP contribution in [0.3, 0.4) is 0 Å². The van der Waals surface area contributed by atoms with Gasteiger partial charge in [0.1, 0.15) is 6.33 Å². The summed E-state index contributed by atoms with van der Waals surface area (Å²) in [7, 11) is 1.22. The van der Waals surface area contributed by atoms with Gasteiger partial charge in [0.2, 0.25) is 11.6 Å². The van der Waals surface area contributed by atoms with Crippen LogP contribution in [0.25, 0.3) is 0 Å². The molecule has 0 saturated heterocycles. The number of nitro groups is 1. The molecule has 0 atom stereocenters. The van der Waals surface area contributed by atoms with Crippen molar-refractivity contribution < 1.29 is 19.2 Å². The van der Waals surface area contributed by atoms with Crippen molar-refractivity contribution in [1.29, 1.82) is 0 Å². The van der Waals surface area contributed by atoms with E-state index in [1.165, 1.54) is 13.2 Å². The molecule has 12 heteroatoms. The number of carbonyl (C=O) groups is 2. The summed E-state index contributed by atoms with van der Waals surface area (Å²) in [4.78, 5) is 43.1. The highest BCUT2D eigenvalue weighted by molar-refractivity contribution is 9.10. The second-order valence-corrected chi connectivity index (χ2v) is 6.75. The van der Waals surface area contributed by atoms with Crippen LogP contribution in [0, 0.1) is 10.1 Å². The zero-order valence-corrected chi connectivity index (χ0v) is 17.5. The van der Waals surface area contributed by atoms with E-state index in [1.54, 1.807) is 42.5 Å². The molecular weight excluding hydrogens is 472 g/mol. The average Bonchev–Trinajstić information content (AvgIpc) is 2.77. The number of para-hydroxylation sites is 1. The molecule has 3 rings (SSSR count). The molecule has 0 fully saturated rings. The summed E-state index contributed by atoms with van der Waals surface area (Å²) in [6, 6.07) is 13.0. The van der Waals surface area contributed by atoms with Crippen molar-refractivity contribution in [3.8, 4) is 0 Å². The van der Waals surface area contributed by atoms with Gasteiger partial charge in [0.25, 0.3) is 5.91 Å². The molecule has 0 spiro atoms. The number of halogens is 1. The highest BCUT2D eigenvalue weighted by Crippen LogP contribution is 2.32. The molecule has 0 aliphatic rings. The number of hydrogen-bond acceptors (Lipinski definition) is 9. The maximum absolute atomic E-state index is 12.4. The summed E-state index contributed by atoms with van der Waals surface area (Å²) in [5.41, 5.74) is 5.01. The number of aromatic nitrogens is 2. The van der Waals surface area contributed by atoms with E-state index in [9.17, 15) is 19.7 Å². The fourth-order valence-corrected chi connectivity index (χ4v) is 3.04. The van der Waals surface area contributed by atoms with Gasteiger partial charge < -0.3 is 10.1 Å². The number of anilines is 3. The maximum Gasteiger partial charge on any atom is 0.355 e. The van der Waals surface area contributed by atoms with Crippen LogP contribution in [0.1, 0.15) is 20.7 Å². The third kappa shape index (κ3) is 4.93. The van der Waals surface area contributed by atoms with Gasteiger partial charge in [-0.25, -0.2) is 14.8 Å². The molecule has 0 bridgehead atoms. The first-order valence-electron chi connectivity index (χ1n) is 8.67. The molecule has 1 amide bonds. The molecule has 0 aliphatic heterocycles. The lowest BCUT2D eigenvalue weighted by atomic mass is 10.2. The molecule has 0 unspecified atom stereocenters. The number of nitrogens with zero attached hydrogens (tertiary/aromatic N) is 3. The molecule has 3 aromatic rings. The Morgan fingerprint density at radius 1 is 1.03 bits per heavy atom. The van der Waals surface area contributed by atoms with Gasteiger partial charge in [0.05, 0.1) is 28.8 Å². The third-order valence-electron chi connectivity index (χ3n) is 4.00. The van der Waals surface area contributed by atoms with Crippen LogP contribution in [0.5, 0.6) is 0 Å². The van der Waals surface area contributed by atoms with Crippen LogP contribution in [0.4, 0.5) is 23.0 Å². The minimum atomic E-state index is -0.712. The van der Waals surface area contributed by atoms with E-state index < -0.39 is 22.5 Å². The second kappa shape index (κ2) is 9.63. The Balaban J connectivity index is 1.89. The van der Waals surface area contributed by atoms with E-state index >= 15 is 0 Å². The summed E-state index contributed by atoms with van der Waals surface area (Å²) in [5, 5.41) is 14.5. The number of amides is 1. The normalized spacial score (nSPS) is 10.1. The summed E-state index contributed by atoms with van der Waals surface area (Å²) < 4.78 is 5.27. The summed E-state index contributed by atoms with van der Waals surface area (Å²) in [5.74, 6) is -1.60. The number of esters is 1. The van der Waals surface area contributed by atoms with Gasteiger partial charge in [-0.3, -0.25) is 25.8 Å². The summed E-state index contributed by atoms with van der Waals surface area (Å²) in [6.07, 6.45) is 1.07. The molecule has 1 aromatic heterocycles. The lowest BCUT2D eigenvalue weighted by Crippen LogP contribution is -2.30. The van der Waals surface area contributed by atoms with Gasteiger partial charge >= 0.3 is 11.7 Å². The van der Waals surface area contributed by atoms with Crippen LogP contribution in [0.15, 0.2) is 59.3 Å². The quantitative estimate of drug-likeness (QED) is 0.259. The van der Waals surface area contributed by atoms with Crippen molar-refractivity contribution >= 4 is 50.8 Å². The summed E-state index contributed by atoms with van der Waals surface area (Å²) in [6.45, 7) is 0. The predicted molar refractivity (Wildman–Crippen MR) is 115 cm³/mol. The van der Waals surface area contributed by atoms with Crippen molar-refractivity contribution in [2.75, 3.05) is 17.9 Å². The van der Waals surface area contributed by atoms with E-state index in [1.807, 2.05) is 0 Å². The Morgan fingerprint density at radius 3 is 2.35 bits per heavy atom. The molecule has 0 aliphatic carbocycles. The monoisotopic (exact) mass is 486 g/mol. The van der Waals surface area contributed by atoms with Crippen molar-refractivity contribution in [2.45, 2.75) is 0 Å². The van der Waals surface area contributed by atoms with Gasteiger partial charge in [0.15, 0.2) is 0 Å². The van der Waals surface area contributed by atoms with Gasteiger partial charge in [-0.2, -0.15) is 0 Å². The SMILES string of the molecule is COC(=O)c1ccccc1Nc1ncnc(NNC(=O)c2ccccc2Br)c1[N+](=O)[O-]. The maximum atomic E-state index is 12.4. The fourth-order valence-electron chi connectivity index (χ4n) is 2.57. The Labute approximate surface area is 184 Å². The van der Waals surface area contributed by atoms with Crippen molar-refractivity contribution in [2.24, 2.45) is 0 Å². The van der Waals surface area contributed by atoms with E-state index in [0.29, 0.717) is 10.0 Å². The molecule has 0 saturated carbocycles. The smallest absolute Gasteiger partial charge is 0.355 e. The van der Waals surface area contributed by atoms with Gasteiger partial charge in [0, 0.05) is 4.47 Å². The lowest BCUT2D eigenvalue weighted by molar-refractivity contribution is -0.383. The van der Waals surface area contributed by atoms with Gasteiger partial charge in [-0.15, -0.1) is 0 Å². The molecular formula is C19H15BrN6O5. The van der Waals surface area contributed by atoms with Crippen LogP contribution >= 0.6 is 15.9 Å². The predicted octanol–water partition coefficient (Wildman–Crippen LogP) is 3.43. The van der Waals surface area contributed by atoms with Gasteiger partial charge in [-0.05, 0) is 40.2 Å². The van der Waals surface area contributed by atoms with Crippen LogP contribution in [-0.4, -0.2) is 33.9 Å². The fraction of sp³-hybridized carbons (Fsp3) is 0.0526. The largest absolute Gasteiger partial charge is 0.465 e. The topological polar surface area (TPSA) is 148 Å². The molecule has 158 valence electrons. The number of benzene rings is 2.